The Morgan fingerprint density at radius 3 is 0.847 bits per heavy atom. The van der Waals surface area contributed by atoms with Gasteiger partial charge in [-0.1, -0.05) is 274 Å². The van der Waals surface area contributed by atoms with Gasteiger partial charge in [0, 0.05) is 14.4 Å². The smallest absolute Gasteiger partial charge is 0.0215 e. The molecule has 2 heteroatoms. The highest BCUT2D eigenvalue weighted by molar-refractivity contribution is 9.10. The van der Waals surface area contributed by atoms with Gasteiger partial charge >= 0.3 is 0 Å². The number of rotatable bonds is 32. The minimum Gasteiger partial charge on any atom is -0.0654 e. The highest BCUT2D eigenvalue weighted by Crippen LogP contribution is 2.56. The zero-order valence-corrected chi connectivity index (χ0v) is 40.7. The Hall–Kier alpha value is -2.16. The quantitative estimate of drug-likeness (QED) is 0.0428. The lowest BCUT2D eigenvalue weighted by Gasteiger charge is -2.33. The van der Waals surface area contributed by atoms with E-state index in [2.05, 4.69) is 131 Å². The number of hydrogen-bond donors (Lipinski definition) is 0. The maximum Gasteiger partial charge on any atom is 0.0215 e. The van der Waals surface area contributed by atoms with E-state index >= 15 is 0 Å². The summed E-state index contributed by atoms with van der Waals surface area (Å²) in [5.74, 6) is 0. The molecule has 0 saturated heterocycles. The molecule has 1 aliphatic rings. The van der Waals surface area contributed by atoms with Crippen LogP contribution in [0.25, 0.3) is 33.4 Å². The third-order valence-electron chi connectivity index (χ3n) is 13.6. The van der Waals surface area contributed by atoms with Crippen LogP contribution in [0.15, 0.2) is 93.9 Å². The summed E-state index contributed by atoms with van der Waals surface area (Å²) in [7, 11) is 0. The fraction of sp³-hybridized carbons (Fsp3) is 0.579. The first-order valence-corrected chi connectivity index (χ1v) is 26.5. The summed E-state index contributed by atoms with van der Waals surface area (Å²) < 4.78 is 2.28. The zero-order chi connectivity index (χ0) is 41.4. The van der Waals surface area contributed by atoms with Gasteiger partial charge in [0.2, 0.25) is 0 Å². The maximum atomic E-state index is 3.68. The third kappa shape index (κ3) is 15.6. The van der Waals surface area contributed by atoms with Crippen molar-refractivity contribution in [2.45, 2.75) is 212 Å². The number of halogens is 2. The molecular weight excluding hydrogens is 844 g/mol. The first-order chi connectivity index (χ1) is 29.1. The summed E-state index contributed by atoms with van der Waals surface area (Å²) in [4.78, 5) is 0. The molecule has 5 rings (SSSR count). The van der Waals surface area contributed by atoms with Gasteiger partial charge in [-0.3, -0.25) is 0 Å². The predicted molar refractivity (Wildman–Crippen MR) is 269 cm³/mol. The monoisotopic (exact) mass is 922 g/mol. The number of benzene rings is 4. The second-order valence-corrected chi connectivity index (χ2v) is 20.1. The lowest BCUT2D eigenvalue weighted by atomic mass is 9.70. The third-order valence-corrected chi connectivity index (χ3v) is 14.7. The Labute approximate surface area is 379 Å². The summed E-state index contributed by atoms with van der Waals surface area (Å²) in [5, 5.41) is 0. The van der Waals surface area contributed by atoms with Gasteiger partial charge < -0.3 is 0 Å². The molecule has 0 radical (unpaired) electrons. The van der Waals surface area contributed by atoms with Crippen LogP contribution in [-0.4, -0.2) is 0 Å². The number of hydrogen-bond acceptors (Lipinski definition) is 0. The van der Waals surface area contributed by atoms with Gasteiger partial charge in [0.15, 0.2) is 0 Å². The largest absolute Gasteiger partial charge is 0.0654 e. The van der Waals surface area contributed by atoms with Crippen LogP contribution in [-0.2, 0) is 5.41 Å². The average molecular weight is 925 g/mol. The van der Waals surface area contributed by atoms with Crippen LogP contribution in [0, 0.1) is 0 Å². The number of unbranched alkanes of at least 4 members (excludes halogenated alkanes) is 26. The molecule has 0 heterocycles. The van der Waals surface area contributed by atoms with E-state index in [9.17, 15) is 0 Å². The van der Waals surface area contributed by atoms with Crippen LogP contribution in [0.5, 0.6) is 0 Å². The van der Waals surface area contributed by atoms with Crippen molar-refractivity contribution in [3.05, 3.63) is 105 Å². The molecule has 0 amide bonds. The Balaban J connectivity index is 1.25. The molecule has 0 N–H and O–H groups in total. The Kier molecular flexibility index (Phi) is 22.5. The molecular formula is C57H80Br2. The molecule has 0 atom stereocenters. The minimum absolute atomic E-state index is 0.0513. The standard InChI is InChI=1S/C57H80Br2/c1-3-5-7-9-11-13-15-17-19-21-23-25-27-29-43-57(44-30-28-26-24-22-20-18-16-14-12-10-8-6-4-2)55-45-49(47-31-37-51(58)38-32-47)35-41-53(55)54-42-36-50(46-56(54)57)48-33-39-52(59)40-34-48/h31-42,45-46H,3-30,43-44H2,1-2H3. The van der Waals surface area contributed by atoms with E-state index < -0.39 is 0 Å². The molecule has 4 aromatic rings. The van der Waals surface area contributed by atoms with Crippen molar-refractivity contribution < 1.29 is 0 Å². The summed E-state index contributed by atoms with van der Waals surface area (Å²) >= 11 is 7.36. The highest BCUT2D eigenvalue weighted by Gasteiger charge is 2.42. The van der Waals surface area contributed by atoms with Crippen LogP contribution in [0.4, 0.5) is 0 Å². The van der Waals surface area contributed by atoms with Crippen molar-refractivity contribution in [1.29, 1.82) is 0 Å². The Morgan fingerprint density at radius 1 is 0.305 bits per heavy atom. The van der Waals surface area contributed by atoms with Gasteiger partial charge in [0.1, 0.15) is 0 Å². The molecule has 0 spiro atoms. The second-order valence-electron chi connectivity index (χ2n) is 18.3. The molecule has 322 valence electrons. The van der Waals surface area contributed by atoms with Crippen LogP contribution in [0.2, 0.25) is 0 Å². The highest BCUT2D eigenvalue weighted by atomic mass is 79.9. The molecule has 0 saturated carbocycles. The lowest BCUT2D eigenvalue weighted by molar-refractivity contribution is 0.397. The molecule has 0 bridgehead atoms. The van der Waals surface area contributed by atoms with Crippen LogP contribution in [0.1, 0.15) is 218 Å². The SMILES string of the molecule is CCCCCCCCCCCCCCCCC1(CCCCCCCCCCCCCCCC)c2cc(-c3ccc(Br)cc3)ccc2-c2ccc(-c3ccc(Br)cc3)cc21. The first kappa shape index (κ1) is 47.9. The van der Waals surface area contributed by atoms with Crippen molar-refractivity contribution in [3.8, 4) is 33.4 Å². The minimum atomic E-state index is 0.0513. The van der Waals surface area contributed by atoms with E-state index in [1.165, 1.54) is 226 Å². The molecule has 1 aliphatic carbocycles. The van der Waals surface area contributed by atoms with Crippen LogP contribution < -0.4 is 0 Å². The molecule has 0 fully saturated rings. The van der Waals surface area contributed by atoms with Gasteiger partial charge in [-0.2, -0.15) is 0 Å². The second kappa shape index (κ2) is 27.7. The fourth-order valence-electron chi connectivity index (χ4n) is 10.0. The molecule has 0 nitrogen and oxygen atoms in total. The van der Waals surface area contributed by atoms with E-state index in [0.29, 0.717) is 0 Å². The topological polar surface area (TPSA) is 0 Å². The predicted octanol–water partition coefficient (Wildman–Crippen LogP) is 20.6. The molecule has 0 unspecified atom stereocenters. The summed E-state index contributed by atoms with van der Waals surface area (Å²) in [6, 6.07) is 32.8. The number of fused-ring (bicyclic) bond motifs is 3. The fourth-order valence-corrected chi connectivity index (χ4v) is 10.6. The first-order valence-electron chi connectivity index (χ1n) is 24.9. The van der Waals surface area contributed by atoms with Crippen molar-refractivity contribution in [2.75, 3.05) is 0 Å². The van der Waals surface area contributed by atoms with E-state index in [1.54, 1.807) is 11.1 Å². The van der Waals surface area contributed by atoms with Gasteiger partial charge in [0.25, 0.3) is 0 Å². The zero-order valence-electron chi connectivity index (χ0n) is 37.6. The van der Waals surface area contributed by atoms with Crippen molar-refractivity contribution in [3.63, 3.8) is 0 Å². The van der Waals surface area contributed by atoms with Gasteiger partial charge in [0.05, 0.1) is 0 Å². The maximum absolute atomic E-state index is 3.68. The van der Waals surface area contributed by atoms with Crippen molar-refractivity contribution in [2.24, 2.45) is 0 Å². The summed E-state index contributed by atoms with van der Waals surface area (Å²) in [6.45, 7) is 4.63. The lowest BCUT2D eigenvalue weighted by Crippen LogP contribution is -2.25. The normalized spacial score (nSPS) is 12.9. The molecule has 0 aliphatic heterocycles. The molecule has 4 aromatic carbocycles. The van der Waals surface area contributed by atoms with E-state index in [0.717, 1.165) is 8.95 Å². The Morgan fingerprint density at radius 2 is 0.559 bits per heavy atom. The molecule has 59 heavy (non-hydrogen) atoms. The van der Waals surface area contributed by atoms with Crippen molar-refractivity contribution in [1.82, 2.24) is 0 Å². The van der Waals surface area contributed by atoms with Crippen LogP contribution in [0.3, 0.4) is 0 Å². The van der Waals surface area contributed by atoms with Crippen LogP contribution >= 0.6 is 31.9 Å². The van der Waals surface area contributed by atoms with E-state index in [4.69, 9.17) is 0 Å². The van der Waals surface area contributed by atoms with Gasteiger partial charge in [-0.05, 0) is 93.7 Å². The summed E-state index contributed by atoms with van der Waals surface area (Å²) in [5.41, 5.74) is 11.5. The molecule has 0 aromatic heterocycles. The van der Waals surface area contributed by atoms with Gasteiger partial charge in [-0.15, -0.1) is 0 Å². The van der Waals surface area contributed by atoms with Crippen molar-refractivity contribution >= 4 is 31.9 Å². The van der Waals surface area contributed by atoms with E-state index in [-0.39, 0.29) is 5.41 Å². The average Bonchev–Trinajstić information content (AvgIpc) is 3.52. The van der Waals surface area contributed by atoms with Gasteiger partial charge in [-0.25, -0.2) is 0 Å². The summed E-state index contributed by atoms with van der Waals surface area (Å²) in [6.07, 6.45) is 41.9. The Bertz CT molecular complexity index is 1590. The van der Waals surface area contributed by atoms with E-state index in [1.807, 2.05) is 0 Å².